The van der Waals surface area contributed by atoms with Crippen molar-refractivity contribution in [2.45, 2.75) is 13.3 Å². The molecular weight excluding hydrogens is 207 g/mol. The molecule has 0 aliphatic carbocycles. The molecule has 13 heavy (non-hydrogen) atoms. The number of hydrogen-bond donors (Lipinski definition) is 0. The van der Waals surface area contributed by atoms with E-state index in [4.69, 9.17) is 11.6 Å². The summed E-state index contributed by atoms with van der Waals surface area (Å²) in [6.45, 7) is 2.06. The zero-order chi connectivity index (χ0) is 9.42. The molecule has 0 saturated heterocycles. The summed E-state index contributed by atoms with van der Waals surface area (Å²) in [4.78, 5) is 0. The third-order valence-corrected chi connectivity index (χ3v) is 3.39. The second-order valence-electron chi connectivity index (χ2n) is 2.90. The van der Waals surface area contributed by atoms with Gasteiger partial charge in [0.15, 0.2) is 5.13 Å². The van der Waals surface area contributed by atoms with Crippen LogP contribution in [0.4, 0.5) is 4.39 Å². The summed E-state index contributed by atoms with van der Waals surface area (Å²) in [6.07, 6.45) is 0.924. The van der Waals surface area contributed by atoms with Gasteiger partial charge in [-0.3, -0.25) is 0 Å². The van der Waals surface area contributed by atoms with Gasteiger partial charge < -0.3 is 0 Å². The molecule has 0 radical (unpaired) electrons. The number of fused-ring (bicyclic) bond motifs is 1. The first kappa shape index (κ1) is 8.97. The first-order valence-corrected chi connectivity index (χ1v) is 5.27. The van der Waals surface area contributed by atoms with Crippen LogP contribution in [0.1, 0.15) is 12.5 Å². The van der Waals surface area contributed by atoms with Crippen LogP contribution < -0.4 is 0 Å². The molecule has 3 heteroatoms. The molecule has 0 nitrogen and oxygen atoms in total. The minimum Gasteiger partial charge on any atom is -0.195 e. The van der Waals surface area contributed by atoms with Gasteiger partial charge in [0.1, 0.15) is 0 Å². The monoisotopic (exact) mass is 214 g/mol. The molecule has 1 heterocycles. The van der Waals surface area contributed by atoms with Gasteiger partial charge in [-0.15, -0.1) is 11.3 Å². The van der Waals surface area contributed by atoms with E-state index in [1.807, 2.05) is 12.1 Å². The average Bonchev–Trinajstić information content (AvgIpc) is 2.46. The Morgan fingerprint density at radius 2 is 2.15 bits per heavy atom. The molecule has 68 valence electrons. The van der Waals surface area contributed by atoms with Crippen molar-refractivity contribution in [2.75, 3.05) is 0 Å². The normalized spacial score (nSPS) is 11.0. The van der Waals surface area contributed by atoms with E-state index in [1.165, 1.54) is 6.07 Å². The molecule has 0 aliphatic heterocycles. The predicted molar refractivity (Wildman–Crippen MR) is 56.2 cm³/mol. The van der Waals surface area contributed by atoms with E-state index in [9.17, 15) is 4.39 Å². The Hall–Kier alpha value is -0.600. The maximum atomic E-state index is 12.9. The highest BCUT2D eigenvalue weighted by atomic mass is 35.5. The van der Waals surface area contributed by atoms with Crippen LogP contribution in [0, 0.1) is 5.13 Å². The van der Waals surface area contributed by atoms with E-state index in [2.05, 4.69) is 6.92 Å². The van der Waals surface area contributed by atoms with Gasteiger partial charge in [-0.25, -0.2) is 0 Å². The second-order valence-corrected chi connectivity index (χ2v) is 4.31. The van der Waals surface area contributed by atoms with Gasteiger partial charge in [-0.1, -0.05) is 24.6 Å². The topological polar surface area (TPSA) is 0 Å². The zero-order valence-electron chi connectivity index (χ0n) is 7.10. The van der Waals surface area contributed by atoms with Crippen LogP contribution >= 0.6 is 22.9 Å². The van der Waals surface area contributed by atoms with Crippen LogP contribution in [0.5, 0.6) is 0 Å². The average molecular weight is 215 g/mol. The van der Waals surface area contributed by atoms with Crippen molar-refractivity contribution in [2.24, 2.45) is 0 Å². The first-order chi connectivity index (χ1) is 6.20. The Morgan fingerprint density at radius 3 is 2.85 bits per heavy atom. The Morgan fingerprint density at radius 1 is 1.38 bits per heavy atom. The number of aryl methyl sites for hydroxylation is 1. The summed E-state index contributed by atoms with van der Waals surface area (Å²) in [5.41, 5.74) is 1.15. The number of thiophene rings is 1. The lowest BCUT2D eigenvalue weighted by atomic mass is 10.1. The van der Waals surface area contributed by atoms with E-state index in [-0.39, 0.29) is 5.13 Å². The molecule has 0 bridgehead atoms. The SMILES string of the molecule is CCc1cc(Cl)c2sc(F)cc2c1. The largest absolute Gasteiger partial charge is 0.195 e. The van der Waals surface area contributed by atoms with E-state index >= 15 is 0 Å². The van der Waals surface area contributed by atoms with Crippen molar-refractivity contribution >= 4 is 33.0 Å². The second kappa shape index (κ2) is 3.28. The third kappa shape index (κ3) is 1.56. The van der Waals surface area contributed by atoms with Crippen molar-refractivity contribution in [3.8, 4) is 0 Å². The van der Waals surface area contributed by atoms with E-state index in [0.29, 0.717) is 5.02 Å². The van der Waals surface area contributed by atoms with Crippen LogP contribution in [-0.2, 0) is 6.42 Å². The minimum atomic E-state index is -0.176. The third-order valence-electron chi connectivity index (χ3n) is 2.01. The first-order valence-electron chi connectivity index (χ1n) is 4.08. The lowest BCUT2D eigenvalue weighted by molar-refractivity contribution is 0.658. The highest BCUT2D eigenvalue weighted by molar-refractivity contribution is 7.18. The molecular formula is C10H8ClFS. The number of benzene rings is 1. The molecule has 0 spiro atoms. The summed E-state index contributed by atoms with van der Waals surface area (Å²) in [7, 11) is 0. The smallest absolute Gasteiger partial charge is 0.177 e. The molecule has 0 saturated carbocycles. The van der Waals surface area contributed by atoms with Crippen LogP contribution in [0.2, 0.25) is 5.02 Å². The van der Waals surface area contributed by atoms with Crippen molar-refractivity contribution < 1.29 is 4.39 Å². The van der Waals surface area contributed by atoms with Gasteiger partial charge in [-0.05, 0) is 29.5 Å². The fourth-order valence-electron chi connectivity index (χ4n) is 1.34. The van der Waals surface area contributed by atoms with E-state index in [1.54, 1.807) is 0 Å². The van der Waals surface area contributed by atoms with Gasteiger partial charge in [0.05, 0.1) is 9.72 Å². The van der Waals surface area contributed by atoms with Crippen molar-refractivity contribution in [3.05, 3.63) is 33.9 Å². The Balaban J connectivity index is 2.75. The molecule has 2 aromatic rings. The fraction of sp³-hybridized carbons (Fsp3) is 0.200. The highest BCUT2D eigenvalue weighted by Gasteiger charge is 2.06. The summed E-state index contributed by atoms with van der Waals surface area (Å²) < 4.78 is 13.7. The Kier molecular flexibility index (Phi) is 2.26. The maximum Gasteiger partial charge on any atom is 0.177 e. The Labute approximate surface area is 85.0 Å². The summed E-state index contributed by atoms with van der Waals surface area (Å²) in [5, 5.41) is 1.39. The molecule has 0 unspecified atom stereocenters. The Bertz CT molecular complexity index is 447. The van der Waals surface area contributed by atoms with Gasteiger partial charge in [0, 0.05) is 0 Å². The molecule has 0 amide bonds. The molecule has 0 N–H and O–H groups in total. The quantitative estimate of drug-likeness (QED) is 0.666. The molecule has 0 atom stereocenters. The van der Waals surface area contributed by atoms with Crippen LogP contribution in [0.25, 0.3) is 10.1 Å². The van der Waals surface area contributed by atoms with Crippen molar-refractivity contribution in [1.82, 2.24) is 0 Å². The molecule has 2 rings (SSSR count). The van der Waals surface area contributed by atoms with Gasteiger partial charge in [-0.2, -0.15) is 4.39 Å². The van der Waals surface area contributed by atoms with Gasteiger partial charge >= 0.3 is 0 Å². The fourth-order valence-corrected chi connectivity index (χ4v) is 2.48. The zero-order valence-corrected chi connectivity index (χ0v) is 8.68. The van der Waals surface area contributed by atoms with Crippen molar-refractivity contribution in [1.29, 1.82) is 0 Å². The molecule has 1 aromatic carbocycles. The minimum absolute atomic E-state index is 0.176. The lowest BCUT2D eigenvalue weighted by Crippen LogP contribution is -1.78. The van der Waals surface area contributed by atoms with Crippen LogP contribution in [0.15, 0.2) is 18.2 Å². The van der Waals surface area contributed by atoms with Crippen LogP contribution in [0.3, 0.4) is 0 Å². The van der Waals surface area contributed by atoms with Gasteiger partial charge in [0.25, 0.3) is 0 Å². The maximum absolute atomic E-state index is 12.9. The van der Waals surface area contributed by atoms with Crippen LogP contribution in [-0.4, -0.2) is 0 Å². The van der Waals surface area contributed by atoms with E-state index in [0.717, 1.165) is 33.4 Å². The summed E-state index contributed by atoms with van der Waals surface area (Å²) in [5.74, 6) is 0. The number of halogens is 2. The van der Waals surface area contributed by atoms with Crippen molar-refractivity contribution in [3.63, 3.8) is 0 Å². The van der Waals surface area contributed by atoms with Gasteiger partial charge in [0.2, 0.25) is 0 Å². The molecule has 0 fully saturated rings. The predicted octanol–water partition coefficient (Wildman–Crippen LogP) is 4.26. The highest BCUT2D eigenvalue weighted by Crippen LogP contribution is 2.32. The molecule has 0 aliphatic rings. The number of hydrogen-bond acceptors (Lipinski definition) is 1. The van der Waals surface area contributed by atoms with E-state index < -0.39 is 0 Å². The standard InChI is InChI=1S/C10H8ClFS/c1-2-6-3-7-5-9(12)13-10(7)8(11)4-6/h3-5H,2H2,1H3. The summed E-state index contributed by atoms with van der Waals surface area (Å²) in [6, 6.07) is 5.42. The summed E-state index contributed by atoms with van der Waals surface area (Å²) >= 11 is 7.10. The lowest BCUT2D eigenvalue weighted by Gasteiger charge is -1.98. The number of rotatable bonds is 1. The molecule has 1 aromatic heterocycles.